The molecule has 0 aliphatic carbocycles. The normalized spacial score (nSPS) is 13.3. The molecule has 0 radical (unpaired) electrons. The number of nitriles is 1. The first-order valence-electron chi connectivity index (χ1n) is 12.0. The number of hydrogen-bond acceptors (Lipinski definition) is 7. The minimum atomic E-state index is -0.231. The number of aromatic nitrogens is 3. The van der Waals surface area contributed by atoms with E-state index in [2.05, 4.69) is 21.5 Å². The molecule has 0 atom stereocenters. The zero-order valence-corrected chi connectivity index (χ0v) is 20.0. The zero-order valence-electron chi connectivity index (χ0n) is 20.0. The van der Waals surface area contributed by atoms with E-state index < -0.39 is 0 Å². The van der Waals surface area contributed by atoms with Crippen LogP contribution < -0.4 is 10.1 Å². The Morgan fingerprint density at radius 2 is 1.89 bits per heavy atom. The van der Waals surface area contributed by atoms with E-state index in [9.17, 15) is 10.1 Å². The second kappa shape index (κ2) is 11.5. The molecule has 1 fully saturated rings. The van der Waals surface area contributed by atoms with Crippen molar-refractivity contribution in [3.05, 3.63) is 90.4 Å². The fourth-order valence-electron chi connectivity index (χ4n) is 3.92. The van der Waals surface area contributed by atoms with Gasteiger partial charge < -0.3 is 19.5 Å². The Hall–Kier alpha value is -4.52. The predicted molar refractivity (Wildman–Crippen MR) is 136 cm³/mol. The maximum atomic E-state index is 12.7. The number of anilines is 1. The first-order valence-corrected chi connectivity index (χ1v) is 12.0. The van der Waals surface area contributed by atoms with Crippen molar-refractivity contribution in [3.8, 4) is 28.8 Å². The van der Waals surface area contributed by atoms with E-state index in [1.165, 1.54) is 0 Å². The van der Waals surface area contributed by atoms with Crippen LogP contribution in [0.2, 0.25) is 0 Å². The van der Waals surface area contributed by atoms with Gasteiger partial charge in [0.25, 0.3) is 5.91 Å². The van der Waals surface area contributed by atoms with Gasteiger partial charge in [-0.3, -0.25) is 9.78 Å². The van der Waals surface area contributed by atoms with Crippen LogP contribution in [0.5, 0.6) is 5.75 Å². The van der Waals surface area contributed by atoms with Crippen LogP contribution in [-0.4, -0.2) is 46.8 Å². The SMILES string of the molecule is N#Cc1cc(-c2cccnc2)nn1-c1ccc(NC(=O)c2ccc(OCCCC3OCCO3)cc2)cc1. The molecular weight excluding hydrogens is 470 g/mol. The molecule has 9 heteroatoms. The highest BCUT2D eigenvalue weighted by Gasteiger charge is 2.15. The van der Waals surface area contributed by atoms with Gasteiger partial charge in [-0.2, -0.15) is 10.4 Å². The summed E-state index contributed by atoms with van der Waals surface area (Å²) in [7, 11) is 0. The number of benzene rings is 2. The molecule has 2 aromatic carbocycles. The summed E-state index contributed by atoms with van der Waals surface area (Å²) in [6, 6.07) is 21.8. The number of rotatable bonds is 9. The Kier molecular flexibility index (Phi) is 7.50. The van der Waals surface area contributed by atoms with Crippen LogP contribution in [-0.2, 0) is 9.47 Å². The Morgan fingerprint density at radius 3 is 2.59 bits per heavy atom. The maximum Gasteiger partial charge on any atom is 0.255 e. The molecule has 4 aromatic rings. The lowest BCUT2D eigenvalue weighted by atomic mass is 10.2. The number of carbonyl (C=O) groups excluding carboxylic acids is 1. The van der Waals surface area contributed by atoms with Crippen molar-refractivity contribution in [2.24, 2.45) is 0 Å². The van der Waals surface area contributed by atoms with E-state index in [0.29, 0.717) is 53.9 Å². The molecule has 2 aromatic heterocycles. The third-order valence-electron chi connectivity index (χ3n) is 5.81. The summed E-state index contributed by atoms with van der Waals surface area (Å²) in [6.07, 6.45) is 4.88. The third-order valence-corrected chi connectivity index (χ3v) is 5.81. The van der Waals surface area contributed by atoms with E-state index in [4.69, 9.17) is 14.2 Å². The van der Waals surface area contributed by atoms with Crippen molar-refractivity contribution < 1.29 is 19.0 Å². The Labute approximate surface area is 214 Å². The average Bonchev–Trinajstić information content (AvgIpc) is 3.63. The van der Waals surface area contributed by atoms with Gasteiger partial charge in [0.15, 0.2) is 6.29 Å². The van der Waals surface area contributed by atoms with E-state index in [-0.39, 0.29) is 12.2 Å². The Bertz CT molecular complexity index is 1370. The van der Waals surface area contributed by atoms with Crippen LogP contribution in [0.15, 0.2) is 79.1 Å². The fourth-order valence-corrected chi connectivity index (χ4v) is 3.92. The first kappa shape index (κ1) is 24.2. The molecule has 9 nitrogen and oxygen atoms in total. The van der Waals surface area contributed by atoms with Gasteiger partial charge in [-0.25, -0.2) is 4.68 Å². The number of nitrogens with one attached hydrogen (secondary N) is 1. The summed E-state index contributed by atoms with van der Waals surface area (Å²) >= 11 is 0. The van der Waals surface area contributed by atoms with Gasteiger partial charge in [0.1, 0.15) is 17.5 Å². The van der Waals surface area contributed by atoms with Crippen LogP contribution in [0.4, 0.5) is 5.69 Å². The van der Waals surface area contributed by atoms with Crippen molar-refractivity contribution >= 4 is 11.6 Å². The molecule has 186 valence electrons. The number of ether oxygens (including phenoxy) is 3. The summed E-state index contributed by atoms with van der Waals surface area (Å²) < 4.78 is 18.1. The molecule has 0 unspecified atom stereocenters. The molecule has 1 aliphatic rings. The van der Waals surface area contributed by atoms with Gasteiger partial charge in [0, 0.05) is 41.7 Å². The van der Waals surface area contributed by atoms with Gasteiger partial charge in [-0.05, 0) is 67.1 Å². The lowest BCUT2D eigenvalue weighted by Crippen LogP contribution is -2.12. The lowest BCUT2D eigenvalue weighted by molar-refractivity contribution is -0.0493. The monoisotopic (exact) mass is 495 g/mol. The molecule has 1 N–H and O–H groups in total. The highest BCUT2D eigenvalue weighted by atomic mass is 16.7. The van der Waals surface area contributed by atoms with Crippen molar-refractivity contribution in [2.45, 2.75) is 19.1 Å². The number of pyridine rings is 1. The van der Waals surface area contributed by atoms with Crippen molar-refractivity contribution in [2.75, 3.05) is 25.1 Å². The highest BCUT2D eigenvalue weighted by Crippen LogP contribution is 2.22. The van der Waals surface area contributed by atoms with E-state index in [1.54, 1.807) is 71.7 Å². The summed E-state index contributed by atoms with van der Waals surface area (Å²) in [5.41, 5.74) is 3.74. The van der Waals surface area contributed by atoms with Crippen LogP contribution >= 0.6 is 0 Å². The zero-order chi connectivity index (χ0) is 25.5. The van der Waals surface area contributed by atoms with Gasteiger partial charge >= 0.3 is 0 Å². The molecule has 3 heterocycles. The molecule has 5 rings (SSSR count). The maximum absolute atomic E-state index is 12.7. The molecule has 0 bridgehead atoms. The second-order valence-electron chi connectivity index (χ2n) is 8.37. The first-order chi connectivity index (χ1) is 18.2. The standard InChI is InChI=1S/C28H25N5O4/c29-18-24-17-26(21-3-1-13-30-19-21)32-33(24)23-9-7-22(8-10-23)31-28(34)20-5-11-25(12-6-20)35-14-2-4-27-36-15-16-37-27/h1,3,5-13,17,19,27H,2,4,14-16H2,(H,31,34). The van der Waals surface area contributed by atoms with Crippen LogP contribution in [0, 0.1) is 11.3 Å². The second-order valence-corrected chi connectivity index (χ2v) is 8.37. The van der Waals surface area contributed by atoms with E-state index in [0.717, 1.165) is 18.4 Å². The smallest absolute Gasteiger partial charge is 0.255 e. The number of amides is 1. The molecule has 1 amide bonds. The van der Waals surface area contributed by atoms with E-state index >= 15 is 0 Å². The summed E-state index contributed by atoms with van der Waals surface area (Å²) in [5, 5.41) is 17.0. The minimum Gasteiger partial charge on any atom is -0.494 e. The fraction of sp³-hybridized carbons (Fsp3) is 0.214. The van der Waals surface area contributed by atoms with Crippen molar-refractivity contribution in [3.63, 3.8) is 0 Å². The lowest BCUT2D eigenvalue weighted by Gasteiger charge is -2.10. The van der Waals surface area contributed by atoms with E-state index in [1.807, 2.05) is 12.1 Å². The average molecular weight is 496 g/mol. The van der Waals surface area contributed by atoms with Crippen LogP contribution in [0.3, 0.4) is 0 Å². The molecule has 0 saturated carbocycles. The molecule has 1 saturated heterocycles. The molecule has 1 aliphatic heterocycles. The van der Waals surface area contributed by atoms with Gasteiger partial charge in [-0.1, -0.05) is 0 Å². The van der Waals surface area contributed by atoms with Gasteiger partial charge in [0.05, 0.1) is 31.2 Å². The molecule has 0 spiro atoms. The summed E-state index contributed by atoms with van der Waals surface area (Å²) in [5.74, 6) is 0.470. The van der Waals surface area contributed by atoms with Crippen LogP contribution in [0.1, 0.15) is 28.9 Å². The minimum absolute atomic E-state index is 0.124. The third kappa shape index (κ3) is 6.01. The highest BCUT2D eigenvalue weighted by molar-refractivity contribution is 6.04. The topological polar surface area (TPSA) is 111 Å². The summed E-state index contributed by atoms with van der Waals surface area (Å²) in [4.78, 5) is 16.8. The Balaban J connectivity index is 1.17. The number of hydrogen-bond donors (Lipinski definition) is 1. The summed E-state index contributed by atoms with van der Waals surface area (Å²) in [6.45, 7) is 1.85. The Morgan fingerprint density at radius 1 is 1.11 bits per heavy atom. The predicted octanol–water partition coefficient (Wildman–Crippen LogP) is 4.59. The quantitative estimate of drug-likeness (QED) is 0.338. The van der Waals surface area contributed by atoms with Crippen molar-refractivity contribution in [1.82, 2.24) is 14.8 Å². The van der Waals surface area contributed by atoms with Gasteiger partial charge in [-0.15, -0.1) is 0 Å². The van der Waals surface area contributed by atoms with Crippen LogP contribution in [0.25, 0.3) is 16.9 Å². The number of nitrogens with zero attached hydrogens (tertiary/aromatic N) is 4. The van der Waals surface area contributed by atoms with Gasteiger partial charge in [0.2, 0.25) is 0 Å². The number of carbonyl (C=O) groups is 1. The molecule has 37 heavy (non-hydrogen) atoms. The molecular formula is C28H25N5O4. The van der Waals surface area contributed by atoms with Crippen molar-refractivity contribution in [1.29, 1.82) is 5.26 Å². The largest absolute Gasteiger partial charge is 0.494 e.